The molecule has 0 aliphatic carbocycles. The van der Waals surface area contributed by atoms with Crippen LogP contribution in [0.2, 0.25) is 0 Å². The molecule has 0 saturated heterocycles. The fraction of sp³-hybridized carbons (Fsp3) is 0.375. The molecule has 1 heterocycles. The first kappa shape index (κ1) is 11.6. The molecule has 0 aliphatic rings. The minimum absolute atomic E-state index is 0.127. The lowest BCUT2D eigenvalue weighted by molar-refractivity contribution is -0.380. The number of nitro groups is 1. The Labute approximate surface area is 90.2 Å². The number of hydrogen-bond acceptors (Lipinski definition) is 5. The zero-order valence-electron chi connectivity index (χ0n) is 7.93. The third kappa shape index (κ3) is 4.05. The standard InChI is InChI=1S/C8H11N3O3S/c9-7(12)1-2-10-4-6-3-8(11(13)14)15-5-6/h3,5,10H,1-2,4H2,(H2,9,12). The molecule has 1 aromatic heterocycles. The summed E-state index contributed by atoms with van der Waals surface area (Å²) in [6.07, 6.45) is 0.270. The van der Waals surface area contributed by atoms with E-state index in [0.717, 1.165) is 16.9 Å². The topological polar surface area (TPSA) is 98.3 Å². The molecule has 6 nitrogen and oxygen atoms in total. The molecular weight excluding hydrogens is 218 g/mol. The zero-order valence-corrected chi connectivity index (χ0v) is 8.75. The molecule has 0 spiro atoms. The Morgan fingerprint density at radius 3 is 2.93 bits per heavy atom. The maximum atomic E-state index is 10.4. The summed E-state index contributed by atoms with van der Waals surface area (Å²) in [6.45, 7) is 0.997. The number of carbonyl (C=O) groups is 1. The predicted octanol–water partition coefficient (Wildman–Crippen LogP) is 0.621. The van der Waals surface area contributed by atoms with Crippen LogP contribution in [0.5, 0.6) is 0 Å². The van der Waals surface area contributed by atoms with E-state index < -0.39 is 4.92 Å². The Bertz CT molecular complexity index is 364. The second-order valence-electron chi connectivity index (χ2n) is 2.94. The predicted molar refractivity (Wildman–Crippen MR) is 56.5 cm³/mol. The van der Waals surface area contributed by atoms with Crippen LogP contribution >= 0.6 is 11.3 Å². The summed E-state index contributed by atoms with van der Waals surface area (Å²) < 4.78 is 0. The molecule has 82 valence electrons. The lowest BCUT2D eigenvalue weighted by atomic mass is 10.3. The van der Waals surface area contributed by atoms with Crippen LogP contribution in [0.4, 0.5) is 5.00 Å². The van der Waals surface area contributed by atoms with Crippen LogP contribution in [0.25, 0.3) is 0 Å². The SMILES string of the molecule is NC(=O)CCNCc1csc([N+](=O)[O-])c1. The number of nitrogens with zero attached hydrogens (tertiary/aromatic N) is 1. The summed E-state index contributed by atoms with van der Waals surface area (Å²) in [7, 11) is 0. The van der Waals surface area contributed by atoms with Crippen molar-refractivity contribution in [2.45, 2.75) is 13.0 Å². The number of thiophene rings is 1. The zero-order chi connectivity index (χ0) is 11.3. The molecule has 15 heavy (non-hydrogen) atoms. The van der Waals surface area contributed by atoms with Crippen molar-refractivity contribution >= 4 is 22.2 Å². The number of rotatable bonds is 6. The van der Waals surface area contributed by atoms with Gasteiger partial charge in [0.25, 0.3) is 0 Å². The van der Waals surface area contributed by atoms with Crippen molar-refractivity contribution in [1.82, 2.24) is 5.32 Å². The Morgan fingerprint density at radius 1 is 1.67 bits per heavy atom. The molecule has 0 atom stereocenters. The summed E-state index contributed by atoms with van der Waals surface area (Å²) in [5.74, 6) is -0.362. The number of carbonyl (C=O) groups excluding carboxylic acids is 1. The van der Waals surface area contributed by atoms with E-state index in [1.54, 1.807) is 5.38 Å². The van der Waals surface area contributed by atoms with Gasteiger partial charge in [-0.3, -0.25) is 14.9 Å². The molecule has 0 fully saturated rings. The Morgan fingerprint density at radius 2 is 2.40 bits per heavy atom. The van der Waals surface area contributed by atoms with Gasteiger partial charge in [0.1, 0.15) is 0 Å². The number of primary amides is 1. The first-order valence-electron chi connectivity index (χ1n) is 4.30. The molecule has 1 amide bonds. The molecule has 0 aliphatic heterocycles. The normalized spacial score (nSPS) is 10.1. The lowest BCUT2D eigenvalue weighted by Crippen LogP contribution is -2.21. The van der Waals surface area contributed by atoms with E-state index in [1.807, 2.05) is 0 Å². The van der Waals surface area contributed by atoms with Gasteiger partial charge in [-0.1, -0.05) is 11.3 Å². The molecule has 7 heteroatoms. The highest BCUT2D eigenvalue weighted by Crippen LogP contribution is 2.22. The van der Waals surface area contributed by atoms with Gasteiger partial charge < -0.3 is 11.1 Å². The fourth-order valence-corrected chi connectivity index (χ4v) is 1.72. The Kier molecular flexibility index (Phi) is 4.19. The fourth-order valence-electron chi connectivity index (χ4n) is 0.995. The molecule has 0 saturated carbocycles. The van der Waals surface area contributed by atoms with Crippen molar-refractivity contribution in [2.24, 2.45) is 5.73 Å². The van der Waals surface area contributed by atoms with E-state index in [-0.39, 0.29) is 17.3 Å². The Hall–Kier alpha value is -1.47. The van der Waals surface area contributed by atoms with Crippen LogP contribution in [-0.4, -0.2) is 17.4 Å². The van der Waals surface area contributed by atoms with Gasteiger partial charge >= 0.3 is 5.00 Å². The van der Waals surface area contributed by atoms with Gasteiger partial charge in [0.15, 0.2) is 0 Å². The van der Waals surface area contributed by atoms with Gasteiger partial charge in [0.2, 0.25) is 5.91 Å². The summed E-state index contributed by atoms with van der Waals surface area (Å²) in [4.78, 5) is 20.3. The lowest BCUT2D eigenvalue weighted by Gasteiger charge is -1.99. The van der Waals surface area contributed by atoms with E-state index in [1.165, 1.54) is 6.07 Å². The second kappa shape index (κ2) is 5.42. The summed E-state index contributed by atoms with van der Waals surface area (Å²) in [6, 6.07) is 1.52. The highest BCUT2D eigenvalue weighted by molar-refractivity contribution is 7.13. The van der Waals surface area contributed by atoms with Crippen LogP contribution in [0.15, 0.2) is 11.4 Å². The number of amides is 1. The van der Waals surface area contributed by atoms with Crippen molar-refractivity contribution in [3.63, 3.8) is 0 Å². The van der Waals surface area contributed by atoms with Crippen molar-refractivity contribution in [1.29, 1.82) is 0 Å². The molecule has 0 aromatic carbocycles. The average Bonchev–Trinajstić information content (AvgIpc) is 2.60. The molecule has 3 N–H and O–H groups in total. The van der Waals surface area contributed by atoms with Gasteiger partial charge in [-0.05, 0) is 5.56 Å². The average molecular weight is 229 g/mol. The minimum Gasteiger partial charge on any atom is -0.370 e. The van der Waals surface area contributed by atoms with Crippen LogP contribution in [0.1, 0.15) is 12.0 Å². The largest absolute Gasteiger partial charge is 0.370 e. The maximum Gasteiger partial charge on any atom is 0.324 e. The summed E-state index contributed by atoms with van der Waals surface area (Å²) in [5.41, 5.74) is 5.79. The Balaban J connectivity index is 2.31. The van der Waals surface area contributed by atoms with Crippen LogP contribution < -0.4 is 11.1 Å². The highest BCUT2D eigenvalue weighted by Gasteiger charge is 2.08. The van der Waals surface area contributed by atoms with E-state index in [9.17, 15) is 14.9 Å². The number of hydrogen-bond donors (Lipinski definition) is 2. The van der Waals surface area contributed by atoms with Gasteiger partial charge in [-0.2, -0.15) is 0 Å². The van der Waals surface area contributed by atoms with Crippen molar-refractivity contribution in [3.05, 3.63) is 27.1 Å². The van der Waals surface area contributed by atoms with Crippen LogP contribution in [0, 0.1) is 10.1 Å². The summed E-state index contributed by atoms with van der Waals surface area (Å²) >= 11 is 1.09. The van der Waals surface area contributed by atoms with Crippen molar-refractivity contribution < 1.29 is 9.72 Å². The third-order valence-electron chi connectivity index (χ3n) is 1.70. The van der Waals surface area contributed by atoms with E-state index in [2.05, 4.69) is 5.32 Å². The third-order valence-corrected chi connectivity index (χ3v) is 2.63. The van der Waals surface area contributed by atoms with Crippen LogP contribution in [0.3, 0.4) is 0 Å². The van der Waals surface area contributed by atoms with Gasteiger partial charge in [0, 0.05) is 31.0 Å². The molecule has 1 rings (SSSR count). The number of nitrogens with two attached hydrogens (primary N) is 1. The molecule has 0 radical (unpaired) electrons. The van der Waals surface area contributed by atoms with Crippen molar-refractivity contribution in [3.8, 4) is 0 Å². The van der Waals surface area contributed by atoms with E-state index >= 15 is 0 Å². The molecule has 0 bridgehead atoms. The van der Waals surface area contributed by atoms with Gasteiger partial charge in [0.05, 0.1) is 4.92 Å². The molecular formula is C8H11N3O3S. The highest BCUT2D eigenvalue weighted by atomic mass is 32.1. The van der Waals surface area contributed by atoms with Gasteiger partial charge in [-0.15, -0.1) is 0 Å². The monoisotopic (exact) mass is 229 g/mol. The molecule has 1 aromatic rings. The summed E-state index contributed by atoms with van der Waals surface area (Å²) in [5, 5.41) is 15.2. The van der Waals surface area contributed by atoms with E-state index in [4.69, 9.17) is 5.73 Å². The first-order valence-corrected chi connectivity index (χ1v) is 5.18. The quantitative estimate of drug-likeness (QED) is 0.424. The number of nitrogens with one attached hydrogen (secondary N) is 1. The molecule has 0 unspecified atom stereocenters. The van der Waals surface area contributed by atoms with Crippen molar-refractivity contribution in [2.75, 3.05) is 6.54 Å². The smallest absolute Gasteiger partial charge is 0.324 e. The maximum absolute atomic E-state index is 10.4. The minimum atomic E-state index is -0.419. The van der Waals surface area contributed by atoms with E-state index in [0.29, 0.717) is 13.1 Å². The first-order chi connectivity index (χ1) is 7.09. The van der Waals surface area contributed by atoms with Gasteiger partial charge in [-0.25, -0.2) is 0 Å². The second-order valence-corrected chi connectivity index (χ2v) is 3.83. The van der Waals surface area contributed by atoms with Crippen LogP contribution in [-0.2, 0) is 11.3 Å².